The molecule has 2 heterocycles. The maximum atomic E-state index is 5.90. The molecule has 2 aromatic heterocycles. The van der Waals surface area contributed by atoms with Crippen molar-refractivity contribution >= 4 is 27.6 Å². The third-order valence-electron chi connectivity index (χ3n) is 2.37. The zero-order valence-corrected chi connectivity index (χ0v) is 7.40. The van der Waals surface area contributed by atoms with Crippen molar-refractivity contribution in [2.75, 3.05) is 5.73 Å². The van der Waals surface area contributed by atoms with Crippen LogP contribution in [0.1, 0.15) is 0 Å². The van der Waals surface area contributed by atoms with Crippen LogP contribution in [-0.4, -0.2) is 4.98 Å². The van der Waals surface area contributed by atoms with Gasteiger partial charge in [-0.1, -0.05) is 0 Å². The van der Waals surface area contributed by atoms with Gasteiger partial charge in [0.05, 0.1) is 11.8 Å². The first kappa shape index (κ1) is 7.38. The Balaban J connectivity index is 2.67. The average molecular weight is 184 g/mol. The van der Waals surface area contributed by atoms with E-state index in [1.165, 1.54) is 0 Å². The topological polar surface area (TPSA) is 52.0 Å². The van der Waals surface area contributed by atoms with Crippen molar-refractivity contribution in [2.45, 2.75) is 0 Å². The SMILES string of the molecule is Nc1ccnc2ccc3occc3c12. The molecular weight excluding hydrogens is 176 g/mol. The van der Waals surface area contributed by atoms with E-state index in [2.05, 4.69) is 4.98 Å². The summed E-state index contributed by atoms with van der Waals surface area (Å²) >= 11 is 0. The van der Waals surface area contributed by atoms with Crippen molar-refractivity contribution in [1.29, 1.82) is 0 Å². The van der Waals surface area contributed by atoms with Gasteiger partial charge in [-0.15, -0.1) is 0 Å². The quantitative estimate of drug-likeness (QED) is 0.584. The standard InChI is InChI=1S/C11H8N2O/c12-8-3-5-13-9-1-2-10-7(11(8)9)4-6-14-10/h1-6H,(H2,12,13). The molecule has 0 bridgehead atoms. The summed E-state index contributed by atoms with van der Waals surface area (Å²) in [4.78, 5) is 4.25. The molecule has 2 N–H and O–H groups in total. The van der Waals surface area contributed by atoms with E-state index < -0.39 is 0 Å². The number of fused-ring (bicyclic) bond motifs is 3. The summed E-state index contributed by atoms with van der Waals surface area (Å²) in [5.74, 6) is 0. The molecule has 0 aliphatic heterocycles. The van der Waals surface area contributed by atoms with Crippen LogP contribution in [0.5, 0.6) is 0 Å². The number of nitrogens with zero attached hydrogens (tertiary/aromatic N) is 1. The zero-order valence-electron chi connectivity index (χ0n) is 7.40. The summed E-state index contributed by atoms with van der Waals surface area (Å²) < 4.78 is 5.30. The Bertz CT molecular complexity index is 613. The number of hydrogen-bond donors (Lipinski definition) is 1. The Labute approximate surface area is 80.1 Å². The van der Waals surface area contributed by atoms with Crippen LogP contribution in [0.25, 0.3) is 21.9 Å². The van der Waals surface area contributed by atoms with Gasteiger partial charge in [0.25, 0.3) is 0 Å². The third-order valence-corrected chi connectivity index (χ3v) is 2.37. The Hall–Kier alpha value is -2.03. The Morgan fingerprint density at radius 1 is 1.14 bits per heavy atom. The van der Waals surface area contributed by atoms with E-state index in [0.29, 0.717) is 0 Å². The highest BCUT2D eigenvalue weighted by atomic mass is 16.3. The van der Waals surface area contributed by atoms with Crippen LogP contribution in [-0.2, 0) is 0 Å². The number of rotatable bonds is 0. The molecular formula is C11H8N2O. The molecule has 0 aliphatic carbocycles. The highest BCUT2D eigenvalue weighted by Crippen LogP contribution is 2.28. The second kappa shape index (κ2) is 2.48. The summed E-state index contributed by atoms with van der Waals surface area (Å²) in [5.41, 5.74) is 8.38. The van der Waals surface area contributed by atoms with E-state index >= 15 is 0 Å². The van der Waals surface area contributed by atoms with Crippen LogP contribution in [0, 0.1) is 0 Å². The van der Waals surface area contributed by atoms with Gasteiger partial charge < -0.3 is 10.2 Å². The fraction of sp³-hybridized carbons (Fsp3) is 0. The molecule has 68 valence electrons. The van der Waals surface area contributed by atoms with Gasteiger partial charge in [0.15, 0.2) is 0 Å². The molecule has 3 heteroatoms. The van der Waals surface area contributed by atoms with Crippen molar-refractivity contribution in [2.24, 2.45) is 0 Å². The monoisotopic (exact) mass is 184 g/mol. The summed E-state index contributed by atoms with van der Waals surface area (Å²) in [7, 11) is 0. The normalized spacial score (nSPS) is 11.1. The van der Waals surface area contributed by atoms with Crippen LogP contribution < -0.4 is 5.73 Å². The molecule has 0 aliphatic rings. The van der Waals surface area contributed by atoms with Gasteiger partial charge in [-0.2, -0.15) is 0 Å². The number of benzene rings is 1. The number of nitrogen functional groups attached to an aromatic ring is 1. The second-order valence-corrected chi connectivity index (χ2v) is 3.19. The van der Waals surface area contributed by atoms with Gasteiger partial charge >= 0.3 is 0 Å². The molecule has 1 aromatic carbocycles. The highest BCUT2D eigenvalue weighted by Gasteiger charge is 2.05. The molecule has 0 saturated heterocycles. The predicted molar refractivity (Wildman–Crippen MR) is 55.9 cm³/mol. The Morgan fingerprint density at radius 3 is 3.00 bits per heavy atom. The molecule has 3 nitrogen and oxygen atoms in total. The highest BCUT2D eigenvalue weighted by molar-refractivity contribution is 6.10. The van der Waals surface area contributed by atoms with Crippen molar-refractivity contribution in [3.05, 3.63) is 36.7 Å². The summed E-state index contributed by atoms with van der Waals surface area (Å²) in [5, 5.41) is 1.99. The number of anilines is 1. The molecule has 0 amide bonds. The van der Waals surface area contributed by atoms with Gasteiger partial charge in [-0.05, 0) is 24.3 Å². The summed E-state index contributed by atoms with van der Waals surface area (Å²) in [6, 6.07) is 7.53. The Morgan fingerprint density at radius 2 is 2.07 bits per heavy atom. The van der Waals surface area contributed by atoms with Crippen molar-refractivity contribution in [3.8, 4) is 0 Å². The molecule has 0 saturated carbocycles. The predicted octanol–water partition coefficient (Wildman–Crippen LogP) is 2.56. The average Bonchev–Trinajstić information content (AvgIpc) is 2.65. The lowest BCUT2D eigenvalue weighted by Gasteiger charge is -2.00. The molecule has 3 rings (SSSR count). The minimum absolute atomic E-state index is 0.738. The molecule has 0 fully saturated rings. The summed E-state index contributed by atoms with van der Waals surface area (Å²) in [6.45, 7) is 0. The fourth-order valence-electron chi connectivity index (χ4n) is 1.72. The van der Waals surface area contributed by atoms with E-state index in [1.807, 2.05) is 18.2 Å². The van der Waals surface area contributed by atoms with Gasteiger partial charge in [0.1, 0.15) is 5.58 Å². The van der Waals surface area contributed by atoms with Gasteiger partial charge in [0.2, 0.25) is 0 Å². The van der Waals surface area contributed by atoms with E-state index in [1.54, 1.807) is 18.5 Å². The smallest absolute Gasteiger partial charge is 0.134 e. The number of nitrogens with two attached hydrogens (primary N) is 1. The Kier molecular flexibility index (Phi) is 1.31. The van der Waals surface area contributed by atoms with Crippen LogP contribution in [0.3, 0.4) is 0 Å². The van der Waals surface area contributed by atoms with Gasteiger partial charge in [-0.3, -0.25) is 4.98 Å². The minimum Gasteiger partial charge on any atom is -0.464 e. The van der Waals surface area contributed by atoms with Crippen LogP contribution >= 0.6 is 0 Å². The van der Waals surface area contributed by atoms with Gasteiger partial charge in [-0.25, -0.2) is 0 Å². The maximum Gasteiger partial charge on any atom is 0.134 e. The van der Waals surface area contributed by atoms with E-state index in [0.717, 1.165) is 27.6 Å². The van der Waals surface area contributed by atoms with E-state index in [-0.39, 0.29) is 0 Å². The van der Waals surface area contributed by atoms with Crippen molar-refractivity contribution < 1.29 is 4.42 Å². The van der Waals surface area contributed by atoms with E-state index in [4.69, 9.17) is 10.2 Å². The third kappa shape index (κ3) is 0.836. The second-order valence-electron chi connectivity index (χ2n) is 3.19. The number of aromatic nitrogens is 1. The number of hydrogen-bond acceptors (Lipinski definition) is 3. The molecule has 3 aromatic rings. The zero-order chi connectivity index (χ0) is 9.54. The largest absolute Gasteiger partial charge is 0.464 e. The molecule has 0 unspecified atom stereocenters. The van der Waals surface area contributed by atoms with Crippen LogP contribution in [0.2, 0.25) is 0 Å². The lowest BCUT2D eigenvalue weighted by atomic mass is 10.1. The maximum absolute atomic E-state index is 5.90. The molecule has 14 heavy (non-hydrogen) atoms. The minimum atomic E-state index is 0.738. The lowest BCUT2D eigenvalue weighted by molar-refractivity contribution is 0.616. The number of furan rings is 1. The van der Waals surface area contributed by atoms with Crippen LogP contribution in [0.4, 0.5) is 5.69 Å². The summed E-state index contributed by atoms with van der Waals surface area (Å²) in [6.07, 6.45) is 3.38. The van der Waals surface area contributed by atoms with Gasteiger partial charge in [0, 0.05) is 22.7 Å². The first-order chi connectivity index (χ1) is 6.86. The van der Waals surface area contributed by atoms with Crippen LogP contribution in [0.15, 0.2) is 41.1 Å². The van der Waals surface area contributed by atoms with Crippen molar-refractivity contribution in [1.82, 2.24) is 4.98 Å². The number of pyridine rings is 1. The molecule has 0 radical (unpaired) electrons. The molecule has 0 spiro atoms. The first-order valence-corrected chi connectivity index (χ1v) is 4.37. The van der Waals surface area contributed by atoms with E-state index in [9.17, 15) is 0 Å². The van der Waals surface area contributed by atoms with Crippen molar-refractivity contribution in [3.63, 3.8) is 0 Å². The fourth-order valence-corrected chi connectivity index (χ4v) is 1.72. The lowest BCUT2D eigenvalue weighted by Crippen LogP contribution is -1.88. The first-order valence-electron chi connectivity index (χ1n) is 4.37. The molecule has 0 atom stereocenters.